The van der Waals surface area contributed by atoms with E-state index in [0.717, 1.165) is 30.5 Å². The molecule has 1 atom stereocenters. The number of nitrogens with zero attached hydrogens (tertiary/aromatic N) is 2. The topological polar surface area (TPSA) is 59.0 Å². The average molecular weight is 334 g/mol. The summed E-state index contributed by atoms with van der Waals surface area (Å²) < 4.78 is 2.09. The summed E-state index contributed by atoms with van der Waals surface area (Å²) in [5.41, 5.74) is 4.48. The summed E-state index contributed by atoms with van der Waals surface area (Å²) in [5, 5.41) is 6.37. The van der Waals surface area contributed by atoms with Gasteiger partial charge in [-0.3, -0.25) is 10.1 Å². The van der Waals surface area contributed by atoms with E-state index in [2.05, 4.69) is 39.2 Å². The number of hydrogen-bond acceptors (Lipinski definition) is 3. The van der Waals surface area contributed by atoms with Crippen LogP contribution >= 0.6 is 0 Å². The van der Waals surface area contributed by atoms with Crippen molar-refractivity contribution in [2.45, 2.75) is 38.9 Å². The third kappa shape index (κ3) is 3.03. The van der Waals surface area contributed by atoms with Crippen LogP contribution in [0.2, 0.25) is 0 Å². The van der Waals surface area contributed by atoms with Gasteiger partial charge in [0.05, 0.1) is 17.1 Å². The Bertz CT molecular complexity index is 915. The molecule has 2 heterocycles. The standard InChI is InChI=1S/C20H22N4O/c1-2-11-24-18-10-6-5-9-16(18)22-20(24)23-19(25)17-12-14-7-3-4-8-15(14)13-21-17/h3-10,17,21H,2,11-13H2,1H3,(H,22,23,25). The molecule has 2 N–H and O–H groups in total. The second-order valence-electron chi connectivity index (χ2n) is 6.47. The van der Waals surface area contributed by atoms with E-state index in [4.69, 9.17) is 0 Å². The summed E-state index contributed by atoms with van der Waals surface area (Å²) in [5.74, 6) is 0.607. The van der Waals surface area contributed by atoms with Crippen LogP contribution in [0.4, 0.5) is 5.95 Å². The fourth-order valence-corrected chi connectivity index (χ4v) is 3.46. The Kier molecular flexibility index (Phi) is 4.24. The molecule has 1 amide bonds. The Labute approximate surface area is 147 Å². The number of nitrogens with one attached hydrogen (secondary N) is 2. The number of amides is 1. The van der Waals surface area contributed by atoms with Crippen molar-refractivity contribution in [2.75, 3.05) is 5.32 Å². The molecule has 1 aliphatic rings. The van der Waals surface area contributed by atoms with Gasteiger partial charge >= 0.3 is 0 Å². The molecule has 25 heavy (non-hydrogen) atoms. The number of imidazole rings is 1. The first-order valence-corrected chi connectivity index (χ1v) is 8.82. The minimum Gasteiger partial charge on any atom is -0.310 e. The van der Waals surface area contributed by atoms with Crippen molar-refractivity contribution in [3.8, 4) is 0 Å². The highest BCUT2D eigenvalue weighted by molar-refractivity contribution is 5.95. The van der Waals surface area contributed by atoms with Crippen LogP contribution in [0, 0.1) is 0 Å². The monoisotopic (exact) mass is 334 g/mol. The fourth-order valence-electron chi connectivity index (χ4n) is 3.46. The molecular formula is C20H22N4O. The predicted octanol–water partition coefficient (Wildman–Crippen LogP) is 3.10. The maximum absolute atomic E-state index is 12.8. The van der Waals surface area contributed by atoms with Gasteiger partial charge in [-0.1, -0.05) is 43.3 Å². The molecule has 3 aromatic rings. The van der Waals surface area contributed by atoms with Crippen LogP contribution in [-0.4, -0.2) is 21.5 Å². The molecule has 0 radical (unpaired) electrons. The van der Waals surface area contributed by atoms with Crippen molar-refractivity contribution in [1.29, 1.82) is 0 Å². The SMILES string of the molecule is CCCn1c(NC(=O)C2Cc3ccccc3CN2)nc2ccccc21. The molecule has 128 valence electrons. The molecule has 5 heteroatoms. The Morgan fingerprint density at radius 1 is 1.20 bits per heavy atom. The highest BCUT2D eigenvalue weighted by atomic mass is 16.2. The number of anilines is 1. The molecule has 0 spiro atoms. The number of aryl methyl sites for hydroxylation is 1. The van der Waals surface area contributed by atoms with Crippen LogP contribution in [0.5, 0.6) is 0 Å². The maximum atomic E-state index is 12.8. The first-order valence-electron chi connectivity index (χ1n) is 8.82. The van der Waals surface area contributed by atoms with Gasteiger partial charge in [0.25, 0.3) is 0 Å². The summed E-state index contributed by atoms with van der Waals surface area (Å²) in [4.78, 5) is 17.4. The molecule has 0 bridgehead atoms. The Balaban J connectivity index is 1.57. The number of para-hydroxylation sites is 2. The number of carbonyl (C=O) groups excluding carboxylic acids is 1. The molecule has 5 nitrogen and oxygen atoms in total. The Morgan fingerprint density at radius 3 is 2.80 bits per heavy atom. The zero-order valence-electron chi connectivity index (χ0n) is 14.3. The molecule has 1 unspecified atom stereocenters. The Hall–Kier alpha value is -2.66. The van der Waals surface area contributed by atoms with Gasteiger partial charge in [-0.05, 0) is 36.1 Å². The van der Waals surface area contributed by atoms with Crippen LogP contribution in [0.15, 0.2) is 48.5 Å². The van der Waals surface area contributed by atoms with Crippen LogP contribution in [0.3, 0.4) is 0 Å². The molecule has 0 saturated carbocycles. The molecule has 2 aromatic carbocycles. The predicted molar refractivity (Wildman–Crippen MR) is 99.4 cm³/mol. The summed E-state index contributed by atoms with van der Waals surface area (Å²) in [7, 11) is 0. The van der Waals surface area contributed by atoms with E-state index in [9.17, 15) is 4.79 Å². The number of carbonyl (C=O) groups is 1. The normalized spacial score (nSPS) is 16.6. The Morgan fingerprint density at radius 2 is 1.96 bits per heavy atom. The van der Waals surface area contributed by atoms with Crippen molar-refractivity contribution < 1.29 is 4.79 Å². The smallest absolute Gasteiger partial charge is 0.244 e. The lowest BCUT2D eigenvalue weighted by Gasteiger charge is -2.25. The fraction of sp³-hybridized carbons (Fsp3) is 0.300. The van der Waals surface area contributed by atoms with Crippen LogP contribution in [0.25, 0.3) is 11.0 Å². The van der Waals surface area contributed by atoms with E-state index in [1.54, 1.807) is 0 Å². The third-order valence-electron chi connectivity index (χ3n) is 4.73. The lowest BCUT2D eigenvalue weighted by molar-refractivity contribution is -0.118. The lowest BCUT2D eigenvalue weighted by Crippen LogP contribution is -2.45. The molecule has 1 aliphatic heterocycles. The van der Waals surface area contributed by atoms with Crippen molar-refractivity contribution in [3.63, 3.8) is 0 Å². The molecule has 0 aliphatic carbocycles. The molecule has 1 aromatic heterocycles. The van der Waals surface area contributed by atoms with Gasteiger partial charge in [-0.25, -0.2) is 4.98 Å². The number of hydrogen-bond donors (Lipinski definition) is 2. The maximum Gasteiger partial charge on any atom is 0.244 e. The minimum absolute atomic E-state index is 0.0258. The molecule has 0 fully saturated rings. The van der Waals surface area contributed by atoms with Crippen LogP contribution in [-0.2, 0) is 24.3 Å². The quantitative estimate of drug-likeness (QED) is 0.771. The first kappa shape index (κ1) is 15.8. The third-order valence-corrected chi connectivity index (χ3v) is 4.73. The van der Waals surface area contributed by atoms with E-state index in [0.29, 0.717) is 12.4 Å². The number of fused-ring (bicyclic) bond motifs is 2. The van der Waals surface area contributed by atoms with Gasteiger partial charge in [0, 0.05) is 13.1 Å². The summed E-state index contributed by atoms with van der Waals surface area (Å²) >= 11 is 0. The van der Waals surface area contributed by atoms with E-state index in [-0.39, 0.29) is 11.9 Å². The van der Waals surface area contributed by atoms with Crippen molar-refractivity contribution in [1.82, 2.24) is 14.9 Å². The van der Waals surface area contributed by atoms with Crippen LogP contribution in [0.1, 0.15) is 24.5 Å². The van der Waals surface area contributed by atoms with E-state index < -0.39 is 0 Å². The van der Waals surface area contributed by atoms with Gasteiger partial charge in [-0.2, -0.15) is 0 Å². The van der Waals surface area contributed by atoms with Crippen molar-refractivity contribution >= 4 is 22.9 Å². The summed E-state index contributed by atoms with van der Waals surface area (Å²) in [6, 6.07) is 16.0. The lowest BCUT2D eigenvalue weighted by atomic mass is 9.95. The number of benzene rings is 2. The van der Waals surface area contributed by atoms with Gasteiger partial charge in [0.15, 0.2) is 0 Å². The van der Waals surface area contributed by atoms with E-state index in [1.807, 2.05) is 36.4 Å². The minimum atomic E-state index is -0.232. The van der Waals surface area contributed by atoms with Crippen molar-refractivity contribution in [3.05, 3.63) is 59.7 Å². The van der Waals surface area contributed by atoms with Crippen LogP contribution < -0.4 is 10.6 Å². The highest BCUT2D eigenvalue weighted by Crippen LogP contribution is 2.21. The molecule has 4 rings (SSSR count). The first-order chi connectivity index (χ1) is 12.3. The highest BCUT2D eigenvalue weighted by Gasteiger charge is 2.25. The summed E-state index contributed by atoms with van der Waals surface area (Å²) in [6.07, 6.45) is 1.69. The second-order valence-corrected chi connectivity index (χ2v) is 6.47. The summed E-state index contributed by atoms with van der Waals surface area (Å²) in [6.45, 7) is 3.68. The van der Waals surface area contributed by atoms with Crippen molar-refractivity contribution in [2.24, 2.45) is 0 Å². The van der Waals surface area contributed by atoms with Gasteiger partial charge in [-0.15, -0.1) is 0 Å². The molecule has 0 saturated heterocycles. The van der Waals surface area contributed by atoms with E-state index in [1.165, 1.54) is 11.1 Å². The zero-order valence-corrected chi connectivity index (χ0v) is 14.3. The van der Waals surface area contributed by atoms with Gasteiger partial charge in [0.2, 0.25) is 11.9 Å². The average Bonchev–Trinajstić information content (AvgIpc) is 2.99. The van der Waals surface area contributed by atoms with E-state index >= 15 is 0 Å². The number of rotatable bonds is 4. The van der Waals surface area contributed by atoms with Gasteiger partial charge < -0.3 is 9.88 Å². The molecular weight excluding hydrogens is 312 g/mol. The van der Waals surface area contributed by atoms with Gasteiger partial charge in [0.1, 0.15) is 0 Å². The number of aromatic nitrogens is 2. The second kappa shape index (κ2) is 6.69. The largest absolute Gasteiger partial charge is 0.310 e. The zero-order chi connectivity index (χ0) is 17.2.